The summed E-state index contributed by atoms with van der Waals surface area (Å²) in [5.41, 5.74) is 6.75. The van der Waals surface area contributed by atoms with Gasteiger partial charge >= 0.3 is 0 Å². The van der Waals surface area contributed by atoms with Crippen LogP contribution in [-0.2, 0) is 10.0 Å². The topological polar surface area (TPSA) is 98.0 Å². The van der Waals surface area contributed by atoms with Gasteiger partial charge in [-0.2, -0.15) is 0 Å². The second kappa shape index (κ2) is 6.12. The number of nitrogens with two attached hydrogens (primary N) is 1. The molecule has 0 saturated heterocycles. The number of sulfonamides is 1. The molecule has 0 radical (unpaired) electrons. The van der Waals surface area contributed by atoms with E-state index in [-0.39, 0.29) is 17.5 Å². The fraction of sp³-hybridized carbons (Fsp3) is 0.333. The predicted octanol–water partition coefficient (Wildman–Crippen LogP) is 1.16. The van der Waals surface area contributed by atoms with Crippen molar-refractivity contribution in [2.45, 2.75) is 23.8 Å². The molecule has 116 valence electrons. The molecule has 6 nitrogen and oxygen atoms in total. The van der Waals surface area contributed by atoms with Crippen LogP contribution in [0, 0.1) is 5.92 Å². The molecule has 1 aliphatic carbocycles. The Hall–Kier alpha value is -1.83. The molecule has 1 aromatic heterocycles. The van der Waals surface area contributed by atoms with Crippen molar-refractivity contribution < 1.29 is 8.42 Å². The van der Waals surface area contributed by atoms with E-state index in [9.17, 15) is 8.42 Å². The standard InChI is InChI=1S/C15H18N4O2S/c16-14(11-6-7-11)10-19-22(20,21)13-8-17-15(18-9-13)12-4-2-1-3-5-12/h1-5,8-9,11,14,19H,6-7,10,16H2. The molecule has 1 fully saturated rings. The van der Waals surface area contributed by atoms with Gasteiger partial charge in [0.1, 0.15) is 4.90 Å². The van der Waals surface area contributed by atoms with Crippen molar-refractivity contribution in [3.05, 3.63) is 42.7 Å². The van der Waals surface area contributed by atoms with E-state index < -0.39 is 10.0 Å². The van der Waals surface area contributed by atoms with E-state index in [1.807, 2.05) is 30.3 Å². The van der Waals surface area contributed by atoms with Crippen molar-refractivity contribution in [1.29, 1.82) is 0 Å². The van der Waals surface area contributed by atoms with E-state index in [0.29, 0.717) is 11.7 Å². The normalized spacial score (nSPS) is 16.4. The quantitative estimate of drug-likeness (QED) is 0.833. The number of nitrogens with zero attached hydrogens (tertiary/aromatic N) is 2. The number of rotatable bonds is 6. The number of hydrogen-bond acceptors (Lipinski definition) is 5. The molecule has 1 aromatic carbocycles. The largest absolute Gasteiger partial charge is 0.326 e. The van der Waals surface area contributed by atoms with Gasteiger partial charge in [0, 0.05) is 18.2 Å². The minimum absolute atomic E-state index is 0.0511. The highest BCUT2D eigenvalue weighted by Crippen LogP contribution is 2.31. The lowest BCUT2D eigenvalue weighted by Crippen LogP contribution is -2.38. The van der Waals surface area contributed by atoms with E-state index in [2.05, 4.69) is 14.7 Å². The molecule has 0 aliphatic heterocycles. The summed E-state index contributed by atoms with van der Waals surface area (Å²) in [5.74, 6) is 0.939. The van der Waals surface area contributed by atoms with Gasteiger partial charge < -0.3 is 5.73 Å². The van der Waals surface area contributed by atoms with E-state index in [1.54, 1.807) is 0 Å². The number of hydrogen-bond donors (Lipinski definition) is 2. The molecule has 1 unspecified atom stereocenters. The van der Waals surface area contributed by atoms with Crippen LogP contribution in [0.4, 0.5) is 0 Å². The van der Waals surface area contributed by atoms with Crippen molar-refractivity contribution in [2.24, 2.45) is 11.7 Å². The summed E-state index contributed by atoms with van der Waals surface area (Å²) in [4.78, 5) is 8.31. The van der Waals surface area contributed by atoms with Crippen LogP contribution in [0.5, 0.6) is 0 Å². The van der Waals surface area contributed by atoms with Gasteiger partial charge in [0.05, 0.1) is 12.4 Å². The molecule has 2 aromatic rings. The average Bonchev–Trinajstić information content (AvgIpc) is 3.39. The van der Waals surface area contributed by atoms with E-state index in [4.69, 9.17) is 5.73 Å². The molecule has 1 atom stereocenters. The van der Waals surface area contributed by atoms with Gasteiger partial charge in [-0.3, -0.25) is 0 Å². The first-order valence-corrected chi connectivity index (χ1v) is 8.67. The first-order chi connectivity index (χ1) is 10.6. The van der Waals surface area contributed by atoms with Crippen LogP contribution in [0.15, 0.2) is 47.6 Å². The Morgan fingerprint density at radius 3 is 2.41 bits per heavy atom. The SMILES string of the molecule is NC(CNS(=O)(=O)c1cnc(-c2ccccc2)nc1)C1CC1. The maximum Gasteiger partial charge on any atom is 0.243 e. The fourth-order valence-corrected chi connectivity index (χ4v) is 3.13. The third-order valence-electron chi connectivity index (χ3n) is 3.71. The second-order valence-corrected chi connectivity index (χ2v) is 7.23. The molecule has 1 aliphatic rings. The molecule has 22 heavy (non-hydrogen) atoms. The Bertz CT molecular complexity index is 728. The zero-order valence-corrected chi connectivity index (χ0v) is 12.8. The first-order valence-electron chi connectivity index (χ1n) is 7.19. The van der Waals surface area contributed by atoms with Crippen LogP contribution in [0.2, 0.25) is 0 Å². The lowest BCUT2D eigenvalue weighted by Gasteiger charge is -2.11. The van der Waals surface area contributed by atoms with Crippen LogP contribution in [-0.4, -0.2) is 31.0 Å². The van der Waals surface area contributed by atoms with Gasteiger partial charge in [-0.1, -0.05) is 30.3 Å². The highest BCUT2D eigenvalue weighted by Gasteiger charge is 2.29. The summed E-state index contributed by atoms with van der Waals surface area (Å²) < 4.78 is 26.9. The Kier molecular flexibility index (Phi) is 4.19. The molecule has 0 amide bonds. The number of aromatic nitrogens is 2. The zero-order chi connectivity index (χ0) is 15.6. The fourth-order valence-electron chi connectivity index (χ4n) is 2.17. The van der Waals surface area contributed by atoms with Crippen molar-refractivity contribution in [1.82, 2.24) is 14.7 Å². The Morgan fingerprint density at radius 1 is 1.18 bits per heavy atom. The third kappa shape index (κ3) is 3.49. The van der Waals surface area contributed by atoms with E-state index in [0.717, 1.165) is 18.4 Å². The van der Waals surface area contributed by atoms with Gasteiger partial charge in [-0.05, 0) is 18.8 Å². The maximum atomic E-state index is 12.2. The molecule has 3 rings (SSSR count). The lowest BCUT2D eigenvalue weighted by molar-refractivity contribution is 0.547. The number of nitrogens with one attached hydrogen (secondary N) is 1. The monoisotopic (exact) mass is 318 g/mol. The minimum Gasteiger partial charge on any atom is -0.326 e. The van der Waals surface area contributed by atoms with Gasteiger partial charge in [0.2, 0.25) is 10.0 Å². The Morgan fingerprint density at radius 2 is 1.82 bits per heavy atom. The van der Waals surface area contributed by atoms with Gasteiger partial charge in [0.25, 0.3) is 0 Å². The summed E-state index contributed by atoms with van der Waals surface area (Å²) in [6.07, 6.45) is 4.80. The van der Waals surface area contributed by atoms with Gasteiger partial charge in [0.15, 0.2) is 5.82 Å². The highest BCUT2D eigenvalue weighted by molar-refractivity contribution is 7.89. The van der Waals surface area contributed by atoms with Gasteiger partial charge in [-0.25, -0.2) is 23.1 Å². The molecule has 3 N–H and O–H groups in total. The highest BCUT2D eigenvalue weighted by atomic mass is 32.2. The van der Waals surface area contributed by atoms with E-state index >= 15 is 0 Å². The Labute approximate surface area is 129 Å². The van der Waals surface area contributed by atoms with Gasteiger partial charge in [-0.15, -0.1) is 0 Å². The van der Waals surface area contributed by atoms with Crippen LogP contribution in [0.1, 0.15) is 12.8 Å². The smallest absolute Gasteiger partial charge is 0.243 e. The van der Waals surface area contributed by atoms with Crippen LogP contribution in [0.25, 0.3) is 11.4 Å². The summed E-state index contributed by atoms with van der Waals surface area (Å²) >= 11 is 0. The minimum atomic E-state index is -3.62. The zero-order valence-electron chi connectivity index (χ0n) is 12.0. The summed E-state index contributed by atoms with van der Waals surface area (Å²) in [5, 5.41) is 0. The van der Waals surface area contributed by atoms with Crippen molar-refractivity contribution in [3.63, 3.8) is 0 Å². The maximum absolute atomic E-state index is 12.2. The van der Waals surface area contributed by atoms with Crippen molar-refractivity contribution >= 4 is 10.0 Å². The average molecular weight is 318 g/mol. The van der Waals surface area contributed by atoms with Crippen molar-refractivity contribution in [2.75, 3.05) is 6.54 Å². The Balaban J connectivity index is 1.71. The molecule has 7 heteroatoms. The second-order valence-electron chi connectivity index (χ2n) is 5.46. The van der Waals surface area contributed by atoms with Crippen LogP contribution in [0.3, 0.4) is 0 Å². The molecule has 0 spiro atoms. The third-order valence-corrected chi connectivity index (χ3v) is 5.09. The summed E-state index contributed by atoms with van der Waals surface area (Å²) in [6.45, 7) is 0.243. The first kappa shape index (κ1) is 15.1. The van der Waals surface area contributed by atoms with Crippen LogP contribution < -0.4 is 10.5 Å². The van der Waals surface area contributed by atoms with Crippen molar-refractivity contribution in [3.8, 4) is 11.4 Å². The summed E-state index contributed by atoms with van der Waals surface area (Å²) in [6, 6.07) is 9.27. The lowest BCUT2D eigenvalue weighted by atomic mass is 10.2. The molecular weight excluding hydrogens is 300 g/mol. The molecule has 1 heterocycles. The molecule has 0 bridgehead atoms. The van der Waals surface area contributed by atoms with E-state index in [1.165, 1.54) is 12.4 Å². The summed E-state index contributed by atoms with van der Waals surface area (Å²) in [7, 11) is -3.62. The van der Waals surface area contributed by atoms with Crippen LogP contribution >= 0.6 is 0 Å². The molecule has 1 saturated carbocycles. The molecular formula is C15H18N4O2S. The predicted molar refractivity (Wildman–Crippen MR) is 83.4 cm³/mol. The number of benzene rings is 1.